The second-order valence-corrected chi connectivity index (χ2v) is 6.98. The van der Waals surface area contributed by atoms with E-state index in [0.717, 1.165) is 10.5 Å². The maximum Gasteiger partial charge on any atom is 0.325 e. The highest BCUT2D eigenvalue weighted by atomic mass is 16.5. The van der Waals surface area contributed by atoms with Gasteiger partial charge in [-0.3, -0.25) is 14.5 Å². The van der Waals surface area contributed by atoms with Crippen molar-refractivity contribution in [3.63, 3.8) is 0 Å². The van der Waals surface area contributed by atoms with Crippen LogP contribution >= 0.6 is 0 Å². The molecule has 1 atom stereocenters. The van der Waals surface area contributed by atoms with Gasteiger partial charge in [0, 0.05) is 6.20 Å². The summed E-state index contributed by atoms with van der Waals surface area (Å²) in [4.78, 5) is 42.4. The Hall–Kier alpha value is -3.68. The molecule has 8 heteroatoms. The zero-order chi connectivity index (χ0) is 21.0. The highest BCUT2D eigenvalue weighted by Gasteiger charge is 2.49. The van der Waals surface area contributed by atoms with Crippen LogP contribution in [0.25, 0.3) is 0 Å². The summed E-state index contributed by atoms with van der Waals surface area (Å²) in [5, 5.41) is 5.23. The topological polar surface area (TPSA) is 101 Å². The third-order valence-electron chi connectivity index (χ3n) is 4.43. The summed E-state index contributed by atoms with van der Waals surface area (Å²) in [5.41, 5.74) is 0.208. The average molecular weight is 394 g/mol. The van der Waals surface area contributed by atoms with E-state index in [1.165, 1.54) is 6.20 Å². The molecule has 2 heterocycles. The number of hydrogen-bond donors (Lipinski definition) is 2. The number of nitrogens with one attached hydrogen (secondary N) is 2. The lowest BCUT2D eigenvalue weighted by Crippen LogP contribution is -2.42. The Morgan fingerprint density at radius 3 is 2.59 bits per heavy atom. The van der Waals surface area contributed by atoms with Crippen molar-refractivity contribution >= 4 is 23.7 Å². The summed E-state index contributed by atoms with van der Waals surface area (Å²) in [6.45, 7) is 7.23. The van der Waals surface area contributed by atoms with Crippen LogP contribution in [0, 0.1) is 0 Å². The van der Waals surface area contributed by atoms with Crippen molar-refractivity contribution in [3.05, 3.63) is 66.4 Å². The van der Waals surface area contributed by atoms with Crippen molar-refractivity contribution in [2.75, 3.05) is 18.5 Å². The molecule has 0 bridgehead atoms. The summed E-state index contributed by atoms with van der Waals surface area (Å²) in [7, 11) is 0. The van der Waals surface area contributed by atoms with E-state index in [-0.39, 0.29) is 0 Å². The number of ether oxygens (including phenoxy) is 1. The molecule has 8 nitrogen and oxygen atoms in total. The van der Waals surface area contributed by atoms with Crippen molar-refractivity contribution in [1.82, 2.24) is 15.2 Å². The van der Waals surface area contributed by atoms with Gasteiger partial charge in [0.2, 0.25) is 5.91 Å². The molecule has 4 amide bonds. The Balaban J connectivity index is 1.69. The number of anilines is 1. The smallest absolute Gasteiger partial charge is 0.325 e. The Morgan fingerprint density at radius 1 is 1.24 bits per heavy atom. The summed E-state index contributed by atoms with van der Waals surface area (Å²) in [6.07, 6.45) is 1.53. The van der Waals surface area contributed by atoms with Gasteiger partial charge >= 0.3 is 6.03 Å². The molecule has 1 aliphatic heterocycles. The number of carbonyl (C=O) groups is 3. The zero-order valence-corrected chi connectivity index (χ0v) is 16.3. The van der Waals surface area contributed by atoms with Gasteiger partial charge in [-0.05, 0) is 49.2 Å². The second kappa shape index (κ2) is 8.14. The number of benzene rings is 1. The lowest BCUT2D eigenvalue weighted by atomic mass is 9.92. The van der Waals surface area contributed by atoms with Crippen molar-refractivity contribution in [2.45, 2.75) is 19.4 Å². The Bertz CT molecular complexity index is 943. The molecule has 0 aliphatic carbocycles. The molecule has 3 rings (SSSR count). The molecule has 150 valence electrons. The van der Waals surface area contributed by atoms with Crippen LogP contribution in [0.4, 0.5) is 10.6 Å². The normalized spacial score (nSPS) is 18.3. The Labute approximate surface area is 168 Å². The molecule has 0 saturated carbocycles. The monoisotopic (exact) mass is 394 g/mol. The minimum absolute atomic E-state index is 0.345. The highest BCUT2D eigenvalue weighted by Crippen LogP contribution is 2.30. The van der Waals surface area contributed by atoms with Gasteiger partial charge in [0.1, 0.15) is 30.3 Å². The molecular formula is C21H22N4O4. The molecule has 2 aromatic rings. The van der Waals surface area contributed by atoms with Crippen LogP contribution in [-0.4, -0.2) is 40.9 Å². The first kappa shape index (κ1) is 20.1. The average Bonchev–Trinajstić information content (AvgIpc) is 2.91. The van der Waals surface area contributed by atoms with Gasteiger partial charge < -0.3 is 15.4 Å². The van der Waals surface area contributed by atoms with E-state index in [1.807, 2.05) is 6.92 Å². The van der Waals surface area contributed by atoms with E-state index in [9.17, 15) is 14.4 Å². The van der Waals surface area contributed by atoms with E-state index < -0.39 is 29.9 Å². The number of rotatable bonds is 7. The number of imide groups is 1. The first-order valence-electron chi connectivity index (χ1n) is 9.02. The minimum Gasteiger partial charge on any atom is -0.489 e. The van der Waals surface area contributed by atoms with Crippen molar-refractivity contribution in [1.29, 1.82) is 0 Å². The first-order valence-corrected chi connectivity index (χ1v) is 9.02. The number of carbonyl (C=O) groups excluding carboxylic acids is 3. The molecule has 0 radical (unpaired) electrons. The molecule has 1 unspecified atom stereocenters. The Morgan fingerprint density at radius 2 is 1.97 bits per heavy atom. The van der Waals surface area contributed by atoms with Gasteiger partial charge in [0.05, 0.1) is 0 Å². The van der Waals surface area contributed by atoms with Crippen molar-refractivity contribution in [2.24, 2.45) is 0 Å². The maximum atomic E-state index is 12.9. The standard InChI is InChI=1S/C21H22N4O4/c1-14(2)13-29-16-9-7-15(8-10-16)21(3)19(27)25(20(28)24-21)12-18(26)23-17-6-4-5-11-22-17/h4-11H,1,12-13H2,2-3H3,(H,24,28)(H,22,23,26). The fourth-order valence-electron chi connectivity index (χ4n) is 2.89. The highest BCUT2D eigenvalue weighted by molar-refractivity contribution is 6.10. The number of hydrogen-bond acceptors (Lipinski definition) is 5. The number of urea groups is 1. The van der Waals surface area contributed by atoms with Gasteiger partial charge in [-0.2, -0.15) is 0 Å². The summed E-state index contributed by atoms with van der Waals surface area (Å²) in [6, 6.07) is 11.3. The molecule has 1 aliphatic rings. The van der Waals surface area contributed by atoms with Crippen LogP contribution in [0.3, 0.4) is 0 Å². The summed E-state index contributed by atoms with van der Waals surface area (Å²) in [5.74, 6) is -0.0457. The first-order chi connectivity index (χ1) is 13.8. The molecular weight excluding hydrogens is 372 g/mol. The molecule has 29 heavy (non-hydrogen) atoms. The van der Waals surface area contributed by atoms with Gasteiger partial charge in [-0.1, -0.05) is 24.8 Å². The molecule has 1 fully saturated rings. The number of aromatic nitrogens is 1. The van der Waals surface area contributed by atoms with Crippen molar-refractivity contribution < 1.29 is 19.1 Å². The number of amides is 4. The van der Waals surface area contributed by atoms with Crippen LogP contribution in [0.2, 0.25) is 0 Å². The molecule has 1 saturated heterocycles. The van der Waals surface area contributed by atoms with E-state index >= 15 is 0 Å². The van der Waals surface area contributed by atoms with Crippen LogP contribution in [0.1, 0.15) is 19.4 Å². The second-order valence-electron chi connectivity index (χ2n) is 6.98. The third-order valence-corrected chi connectivity index (χ3v) is 4.43. The van der Waals surface area contributed by atoms with Crippen LogP contribution in [0.15, 0.2) is 60.8 Å². The quantitative estimate of drug-likeness (QED) is 0.555. The summed E-state index contributed by atoms with van der Waals surface area (Å²) >= 11 is 0. The maximum absolute atomic E-state index is 12.9. The Kier molecular flexibility index (Phi) is 5.63. The number of pyridine rings is 1. The molecule has 2 N–H and O–H groups in total. The fraction of sp³-hybridized carbons (Fsp3) is 0.238. The predicted molar refractivity (Wildman–Crippen MR) is 107 cm³/mol. The predicted octanol–water partition coefficient (Wildman–Crippen LogP) is 2.44. The van der Waals surface area contributed by atoms with Gasteiger partial charge in [-0.25, -0.2) is 9.78 Å². The van der Waals surface area contributed by atoms with E-state index in [0.29, 0.717) is 23.7 Å². The number of nitrogens with zero attached hydrogens (tertiary/aromatic N) is 2. The van der Waals surface area contributed by atoms with Gasteiger partial charge in [0.25, 0.3) is 5.91 Å². The van der Waals surface area contributed by atoms with Gasteiger partial charge in [-0.15, -0.1) is 0 Å². The van der Waals surface area contributed by atoms with Crippen LogP contribution in [-0.2, 0) is 15.1 Å². The van der Waals surface area contributed by atoms with E-state index in [4.69, 9.17) is 4.74 Å². The molecule has 1 aromatic heterocycles. The largest absolute Gasteiger partial charge is 0.489 e. The van der Waals surface area contributed by atoms with E-state index in [2.05, 4.69) is 22.2 Å². The lowest BCUT2D eigenvalue weighted by Gasteiger charge is -2.22. The van der Waals surface area contributed by atoms with Crippen molar-refractivity contribution in [3.8, 4) is 5.75 Å². The van der Waals surface area contributed by atoms with Crippen LogP contribution in [0.5, 0.6) is 5.75 Å². The SMILES string of the molecule is C=C(C)COc1ccc(C2(C)NC(=O)N(CC(=O)Nc3ccccn3)C2=O)cc1. The fourth-order valence-corrected chi connectivity index (χ4v) is 2.89. The molecule has 0 spiro atoms. The van der Waals surface area contributed by atoms with Gasteiger partial charge in [0.15, 0.2) is 0 Å². The molecule has 1 aromatic carbocycles. The zero-order valence-electron chi connectivity index (χ0n) is 16.3. The van der Waals surface area contributed by atoms with E-state index in [1.54, 1.807) is 49.4 Å². The lowest BCUT2D eigenvalue weighted by molar-refractivity contribution is -0.133. The summed E-state index contributed by atoms with van der Waals surface area (Å²) < 4.78 is 5.56. The minimum atomic E-state index is -1.27. The van der Waals surface area contributed by atoms with Crippen LogP contribution < -0.4 is 15.4 Å². The third kappa shape index (κ3) is 4.43.